The van der Waals surface area contributed by atoms with E-state index in [0.29, 0.717) is 72.9 Å². The number of halogens is 3. The van der Waals surface area contributed by atoms with E-state index in [9.17, 15) is 18.4 Å². The maximum Gasteiger partial charge on any atom is 0.341 e. The molecule has 0 saturated carbocycles. The molecule has 0 radical (unpaired) electrons. The summed E-state index contributed by atoms with van der Waals surface area (Å²) in [6, 6.07) is 5.31. The quantitative estimate of drug-likeness (QED) is 0.266. The van der Waals surface area contributed by atoms with Gasteiger partial charge in [0, 0.05) is 51.4 Å². The molecule has 0 amide bonds. The Labute approximate surface area is 239 Å². The average molecular weight is 609 g/mol. The average Bonchev–Trinajstić information content (AvgIpc) is 3.67. The molecule has 0 unspecified atom stereocenters. The molecule has 0 aliphatic carbocycles. The molecule has 1 fully saturated rings. The van der Waals surface area contributed by atoms with Gasteiger partial charge in [0.15, 0.2) is 35.2 Å². The molecule has 5 heterocycles. The van der Waals surface area contributed by atoms with Crippen molar-refractivity contribution in [3.8, 4) is 17.3 Å². The van der Waals surface area contributed by atoms with Crippen molar-refractivity contribution in [3.05, 3.63) is 51.8 Å². The van der Waals surface area contributed by atoms with E-state index in [1.165, 1.54) is 16.8 Å². The number of carboxylic acid groups (broad SMARTS) is 1. The summed E-state index contributed by atoms with van der Waals surface area (Å²) in [5.41, 5.74) is 7.10. The molecule has 6 rings (SSSR count). The smallest absolute Gasteiger partial charge is 0.341 e. The lowest BCUT2D eigenvalue weighted by atomic mass is 10.2. The van der Waals surface area contributed by atoms with Gasteiger partial charge in [-0.15, -0.1) is 17.5 Å². The van der Waals surface area contributed by atoms with Crippen molar-refractivity contribution in [3.63, 3.8) is 0 Å². The van der Waals surface area contributed by atoms with E-state index in [-0.39, 0.29) is 34.7 Å². The number of thiazole rings is 1. The van der Waals surface area contributed by atoms with Crippen molar-refractivity contribution in [1.29, 1.82) is 0 Å². The predicted molar refractivity (Wildman–Crippen MR) is 148 cm³/mol. The number of carboxylic acids is 1. The second-order valence-electron chi connectivity index (χ2n) is 9.04. The Balaban J connectivity index is 0.00000337. The molecule has 216 valence electrons. The Hall–Kier alpha value is -4.28. The molecule has 3 N–H and O–H groups in total. The number of carbonyl (C=O) groups is 1. The highest BCUT2D eigenvalue weighted by Gasteiger charge is 2.24. The van der Waals surface area contributed by atoms with Crippen LogP contribution in [0.25, 0.3) is 27.6 Å². The van der Waals surface area contributed by atoms with E-state index in [4.69, 9.17) is 20.0 Å². The minimum Gasteiger partial charge on any atom is -0.479 e. The van der Waals surface area contributed by atoms with Crippen LogP contribution in [-0.2, 0) is 11.3 Å². The summed E-state index contributed by atoms with van der Waals surface area (Å²) < 4.78 is 42.4. The van der Waals surface area contributed by atoms with Crippen LogP contribution < -0.4 is 20.2 Å². The molecule has 4 aromatic heterocycles. The highest BCUT2D eigenvalue weighted by Crippen LogP contribution is 2.29. The Morgan fingerprint density at radius 3 is 2.61 bits per heavy atom. The van der Waals surface area contributed by atoms with Crippen LogP contribution in [0.2, 0.25) is 0 Å². The first-order valence-electron chi connectivity index (χ1n) is 12.2. The summed E-state index contributed by atoms with van der Waals surface area (Å²) in [5.74, 6) is -2.44. The molecule has 0 spiro atoms. The van der Waals surface area contributed by atoms with Gasteiger partial charge < -0.3 is 24.9 Å². The topological polar surface area (TPSA) is 157 Å². The number of benzene rings is 1. The first-order valence-corrected chi connectivity index (χ1v) is 13.0. The molecule has 1 aliphatic rings. The highest BCUT2D eigenvalue weighted by molar-refractivity contribution is 7.17. The fraction of sp³-hybridized carbons (Fsp3) is 0.292. The Kier molecular flexibility index (Phi) is 7.79. The standard InChI is InChI=1S/C24H22F2N8O5S.ClH/c25-13-10-14(26)17(39-12-18(35)36)11-15(13)32-6-3-31(4-7-32)5-8-33-21-19(40-24(33)37)22-28-20(16-2-1-9-38-16)30-34(22)23(27)29-21;/h1-2,9-11H,3-8,12H2,(H2,27,29)(H,35,36);1H. The monoisotopic (exact) mass is 608 g/mol. The number of hydrogen-bond acceptors (Lipinski definition) is 11. The van der Waals surface area contributed by atoms with Gasteiger partial charge in [0.05, 0.1) is 12.0 Å². The number of ether oxygens (including phenoxy) is 1. The summed E-state index contributed by atoms with van der Waals surface area (Å²) in [7, 11) is 0. The van der Waals surface area contributed by atoms with Crippen LogP contribution in [0.15, 0.2) is 39.7 Å². The van der Waals surface area contributed by atoms with Gasteiger partial charge in [-0.1, -0.05) is 11.3 Å². The van der Waals surface area contributed by atoms with Crippen molar-refractivity contribution in [2.45, 2.75) is 6.54 Å². The van der Waals surface area contributed by atoms with E-state index in [1.807, 2.05) is 0 Å². The zero-order valence-corrected chi connectivity index (χ0v) is 22.8. The zero-order valence-electron chi connectivity index (χ0n) is 21.2. The number of aliphatic carboxylic acids is 1. The number of rotatable bonds is 8. The number of furan rings is 1. The fourth-order valence-corrected chi connectivity index (χ4v) is 5.53. The van der Waals surface area contributed by atoms with Gasteiger partial charge in [0.1, 0.15) is 10.5 Å². The second kappa shape index (κ2) is 11.3. The zero-order chi connectivity index (χ0) is 28.0. The first kappa shape index (κ1) is 28.3. The lowest BCUT2D eigenvalue weighted by Gasteiger charge is -2.36. The van der Waals surface area contributed by atoms with Gasteiger partial charge in [0.25, 0.3) is 0 Å². The Morgan fingerprint density at radius 1 is 1.12 bits per heavy atom. The third kappa shape index (κ3) is 5.40. The molecule has 5 aromatic rings. The minimum absolute atomic E-state index is 0. The van der Waals surface area contributed by atoms with Gasteiger partial charge in [-0.2, -0.15) is 9.50 Å². The van der Waals surface area contributed by atoms with Gasteiger partial charge >= 0.3 is 10.8 Å². The van der Waals surface area contributed by atoms with E-state index in [1.54, 1.807) is 21.6 Å². The summed E-state index contributed by atoms with van der Waals surface area (Å²) in [6.07, 6.45) is 1.51. The third-order valence-corrected chi connectivity index (χ3v) is 7.53. The normalized spacial score (nSPS) is 14.0. The molecular formula is C24H23ClF2N8O5S. The number of hydrogen-bond donors (Lipinski definition) is 2. The first-order chi connectivity index (χ1) is 19.3. The maximum absolute atomic E-state index is 14.5. The molecule has 1 saturated heterocycles. The van der Waals surface area contributed by atoms with E-state index >= 15 is 0 Å². The largest absolute Gasteiger partial charge is 0.479 e. The van der Waals surface area contributed by atoms with Crippen LogP contribution in [0, 0.1) is 11.6 Å². The van der Waals surface area contributed by atoms with Crippen molar-refractivity contribution in [2.75, 3.05) is 50.0 Å². The number of anilines is 2. The number of nitrogen functional groups attached to an aromatic ring is 1. The molecule has 13 nitrogen and oxygen atoms in total. The van der Waals surface area contributed by atoms with Gasteiger partial charge in [-0.3, -0.25) is 14.3 Å². The molecular weight excluding hydrogens is 586 g/mol. The number of nitrogens with two attached hydrogens (primary N) is 1. The third-order valence-electron chi connectivity index (χ3n) is 6.56. The fourth-order valence-electron chi connectivity index (χ4n) is 4.60. The van der Waals surface area contributed by atoms with Crippen molar-refractivity contribution < 1.29 is 27.8 Å². The maximum atomic E-state index is 14.5. The van der Waals surface area contributed by atoms with Crippen LogP contribution in [0.4, 0.5) is 20.4 Å². The van der Waals surface area contributed by atoms with Gasteiger partial charge in [0.2, 0.25) is 11.8 Å². The summed E-state index contributed by atoms with van der Waals surface area (Å²) in [5, 5.41) is 13.1. The van der Waals surface area contributed by atoms with Crippen LogP contribution in [0.3, 0.4) is 0 Å². The number of fused-ring (bicyclic) bond motifs is 3. The van der Waals surface area contributed by atoms with Gasteiger partial charge in [-0.05, 0) is 12.1 Å². The van der Waals surface area contributed by atoms with Crippen LogP contribution in [-0.4, -0.2) is 79.5 Å². The number of nitrogens with zero attached hydrogens (tertiary/aromatic N) is 7. The van der Waals surface area contributed by atoms with E-state index < -0.39 is 24.2 Å². The number of aromatic nitrogens is 5. The van der Waals surface area contributed by atoms with E-state index in [2.05, 4.69) is 20.0 Å². The lowest BCUT2D eigenvalue weighted by Crippen LogP contribution is -2.47. The van der Waals surface area contributed by atoms with Gasteiger partial charge in [-0.25, -0.2) is 18.6 Å². The lowest BCUT2D eigenvalue weighted by molar-refractivity contribution is -0.139. The van der Waals surface area contributed by atoms with Crippen LogP contribution >= 0.6 is 23.7 Å². The summed E-state index contributed by atoms with van der Waals surface area (Å²) >= 11 is 1.01. The molecule has 0 bridgehead atoms. The highest BCUT2D eigenvalue weighted by atomic mass is 35.5. The SMILES string of the molecule is Cl.Nc1nc2c(sc(=O)n2CCN2CCN(c3cc(OCC(=O)O)c(F)cc3F)CC2)c2nc(-c3ccco3)nn12. The summed E-state index contributed by atoms with van der Waals surface area (Å²) in [4.78, 5) is 36.2. The Morgan fingerprint density at radius 2 is 1.90 bits per heavy atom. The second-order valence-corrected chi connectivity index (χ2v) is 10.00. The molecule has 1 aliphatic heterocycles. The van der Waals surface area contributed by atoms with Crippen molar-refractivity contribution >= 4 is 57.3 Å². The molecule has 41 heavy (non-hydrogen) atoms. The minimum atomic E-state index is -1.27. The van der Waals surface area contributed by atoms with Crippen LogP contribution in [0.1, 0.15) is 0 Å². The Bertz CT molecular complexity index is 1780. The van der Waals surface area contributed by atoms with Crippen LogP contribution in [0.5, 0.6) is 5.75 Å². The number of piperazine rings is 1. The summed E-state index contributed by atoms with van der Waals surface area (Å²) in [6.45, 7) is 2.10. The molecule has 1 aromatic carbocycles. The van der Waals surface area contributed by atoms with Crippen molar-refractivity contribution in [1.82, 2.24) is 29.0 Å². The molecule has 0 atom stereocenters. The molecule has 17 heteroatoms. The van der Waals surface area contributed by atoms with Crippen molar-refractivity contribution in [2.24, 2.45) is 0 Å². The van der Waals surface area contributed by atoms with E-state index in [0.717, 1.165) is 11.3 Å². The predicted octanol–water partition coefficient (Wildman–Crippen LogP) is 2.33.